The van der Waals surface area contributed by atoms with Gasteiger partial charge in [-0.25, -0.2) is 4.39 Å². The number of halogens is 1. The van der Waals surface area contributed by atoms with Crippen molar-refractivity contribution in [3.8, 4) is 0 Å². The van der Waals surface area contributed by atoms with Crippen molar-refractivity contribution in [2.45, 2.75) is 18.8 Å². The molecule has 3 nitrogen and oxygen atoms in total. The predicted octanol–water partition coefficient (Wildman–Crippen LogP) is 2.87. The summed E-state index contributed by atoms with van der Waals surface area (Å²) in [6.45, 7) is 0.620. The molecule has 1 amide bonds. The number of nitrogens with one attached hydrogen (secondary N) is 1. The summed E-state index contributed by atoms with van der Waals surface area (Å²) in [6.07, 6.45) is 1.64. The Morgan fingerprint density at radius 1 is 1.14 bits per heavy atom. The highest BCUT2D eigenvalue weighted by atomic mass is 19.1. The van der Waals surface area contributed by atoms with Gasteiger partial charge in [-0.3, -0.25) is 4.79 Å². The lowest BCUT2D eigenvalue weighted by atomic mass is 10.1. The summed E-state index contributed by atoms with van der Waals surface area (Å²) >= 11 is 0. The van der Waals surface area contributed by atoms with Crippen molar-refractivity contribution in [3.05, 3.63) is 65.5 Å². The van der Waals surface area contributed by atoms with E-state index in [1.165, 1.54) is 12.1 Å². The molecule has 0 spiro atoms. The Kier molecular flexibility index (Phi) is 4.09. The molecule has 0 aliphatic heterocycles. The summed E-state index contributed by atoms with van der Waals surface area (Å²) in [6, 6.07) is 14.1. The number of hydrogen-bond donors (Lipinski definition) is 2. The maximum Gasteiger partial charge on any atom is 0.223 e. The molecule has 0 radical (unpaired) electrons. The highest BCUT2D eigenvalue weighted by molar-refractivity contribution is 5.82. The van der Waals surface area contributed by atoms with Crippen molar-refractivity contribution >= 4 is 11.6 Å². The Hall–Kier alpha value is -2.36. The number of nitrogen functional groups attached to an aromatic ring is 1. The summed E-state index contributed by atoms with van der Waals surface area (Å²) in [7, 11) is 0. The number of amides is 1. The minimum atomic E-state index is -0.242. The van der Waals surface area contributed by atoms with Gasteiger partial charge in [0.2, 0.25) is 5.91 Å². The molecule has 2 unspecified atom stereocenters. The molecule has 2 aromatic rings. The minimum Gasteiger partial charge on any atom is -0.399 e. The molecule has 0 aromatic heterocycles. The molecule has 1 saturated carbocycles. The molecule has 4 heteroatoms. The van der Waals surface area contributed by atoms with E-state index in [2.05, 4.69) is 5.32 Å². The fourth-order valence-corrected chi connectivity index (χ4v) is 2.71. The quantitative estimate of drug-likeness (QED) is 0.834. The molecule has 3 N–H and O–H groups in total. The van der Waals surface area contributed by atoms with Gasteiger partial charge in [0.15, 0.2) is 0 Å². The largest absolute Gasteiger partial charge is 0.399 e. The summed E-state index contributed by atoms with van der Waals surface area (Å²) in [4.78, 5) is 12.1. The molecule has 1 aliphatic rings. The Bertz CT molecular complexity index is 652. The first-order valence-electron chi connectivity index (χ1n) is 7.51. The maximum atomic E-state index is 12.9. The molecule has 22 heavy (non-hydrogen) atoms. The lowest BCUT2D eigenvalue weighted by Crippen LogP contribution is -2.27. The van der Waals surface area contributed by atoms with Crippen LogP contribution in [0.1, 0.15) is 23.5 Å². The first kappa shape index (κ1) is 14.6. The number of rotatable bonds is 5. The molecule has 0 heterocycles. The molecule has 114 valence electrons. The van der Waals surface area contributed by atoms with Gasteiger partial charge >= 0.3 is 0 Å². The third-order valence-corrected chi connectivity index (χ3v) is 4.12. The van der Waals surface area contributed by atoms with E-state index in [4.69, 9.17) is 5.73 Å². The minimum absolute atomic E-state index is 0.0249. The predicted molar refractivity (Wildman–Crippen MR) is 84.8 cm³/mol. The zero-order chi connectivity index (χ0) is 15.5. The van der Waals surface area contributed by atoms with Crippen LogP contribution in [0.25, 0.3) is 0 Å². The molecule has 0 saturated heterocycles. The Morgan fingerprint density at radius 3 is 2.50 bits per heavy atom. The normalized spacial score (nSPS) is 19.7. The van der Waals surface area contributed by atoms with Crippen LogP contribution in [0, 0.1) is 11.7 Å². The first-order valence-corrected chi connectivity index (χ1v) is 7.51. The van der Waals surface area contributed by atoms with Crippen LogP contribution in [0.15, 0.2) is 48.5 Å². The summed E-state index contributed by atoms with van der Waals surface area (Å²) in [5.41, 5.74) is 8.58. The fraction of sp³-hybridized carbons (Fsp3) is 0.278. The number of carbonyl (C=O) groups is 1. The Balaban J connectivity index is 1.45. The van der Waals surface area contributed by atoms with Crippen LogP contribution in [0.5, 0.6) is 0 Å². The van der Waals surface area contributed by atoms with Gasteiger partial charge in [-0.2, -0.15) is 0 Å². The second-order valence-electron chi connectivity index (χ2n) is 5.78. The average molecular weight is 298 g/mol. The van der Waals surface area contributed by atoms with Crippen LogP contribution in [0.3, 0.4) is 0 Å². The van der Waals surface area contributed by atoms with Crippen LogP contribution >= 0.6 is 0 Å². The molecule has 1 aliphatic carbocycles. The third kappa shape index (κ3) is 3.45. The Labute approximate surface area is 129 Å². The standard InChI is InChI=1S/C18H19FN2O/c19-14-5-3-13(4-6-14)16-11-17(16)18(22)21-10-9-12-1-7-15(20)8-2-12/h1-8,16-17H,9-11,20H2,(H,21,22). The second kappa shape index (κ2) is 6.18. The molecule has 3 rings (SSSR count). The SMILES string of the molecule is Nc1ccc(CCNC(=O)C2CC2c2ccc(F)cc2)cc1. The van der Waals surface area contributed by atoms with Crippen molar-refractivity contribution in [1.29, 1.82) is 0 Å². The van der Waals surface area contributed by atoms with Crippen LogP contribution < -0.4 is 11.1 Å². The van der Waals surface area contributed by atoms with Crippen LogP contribution in [0.4, 0.5) is 10.1 Å². The van der Waals surface area contributed by atoms with E-state index in [0.717, 1.165) is 29.7 Å². The smallest absolute Gasteiger partial charge is 0.223 e. The van der Waals surface area contributed by atoms with Gasteiger partial charge in [0, 0.05) is 18.2 Å². The monoisotopic (exact) mass is 298 g/mol. The number of nitrogens with two attached hydrogens (primary N) is 1. The number of carbonyl (C=O) groups excluding carboxylic acids is 1. The van der Waals surface area contributed by atoms with E-state index in [0.29, 0.717) is 6.54 Å². The first-order chi connectivity index (χ1) is 10.6. The lowest BCUT2D eigenvalue weighted by molar-refractivity contribution is -0.122. The second-order valence-corrected chi connectivity index (χ2v) is 5.78. The van der Waals surface area contributed by atoms with E-state index < -0.39 is 0 Å². The van der Waals surface area contributed by atoms with Crippen molar-refractivity contribution < 1.29 is 9.18 Å². The highest BCUT2D eigenvalue weighted by Gasteiger charge is 2.43. The van der Waals surface area contributed by atoms with Crippen LogP contribution in [-0.4, -0.2) is 12.5 Å². The van der Waals surface area contributed by atoms with Gasteiger partial charge in [0.1, 0.15) is 5.82 Å². The number of anilines is 1. The summed E-state index contributed by atoms with van der Waals surface area (Å²) in [5.74, 6) is 0.104. The lowest BCUT2D eigenvalue weighted by Gasteiger charge is -2.06. The topological polar surface area (TPSA) is 55.1 Å². The van der Waals surface area contributed by atoms with Gasteiger partial charge in [0.05, 0.1) is 0 Å². The van der Waals surface area contributed by atoms with Crippen molar-refractivity contribution in [2.24, 2.45) is 5.92 Å². The summed E-state index contributed by atoms with van der Waals surface area (Å²) < 4.78 is 12.9. The fourth-order valence-electron chi connectivity index (χ4n) is 2.71. The number of benzene rings is 2. The van der Waals surface area contributed by atoms with E-state index >= 15 is 0 Å². The van der Waals surface area contributed by atoms with E-state index in [1.54, 1.807) is 12.1 Å². The van der Waals surface area contributed by atoms with Gasteiger partial charge < -0.3 is 11.1 Å². The number of hydrogen-bond acceptors (Lipinski definition) is 2. The van der Waals surface area contributed by atoms with Crippen molar-refractivity contribution in [2.75, 3.05) is 12.3 Å². The zero-order valence-electron chi connectivity index (χ0n) is 12.3. The molecule has 1 fully saturated rings. The molecule has 2 atom stereocenters. The maximum absolute atomic E-state index is 12.9. The average Bonchev–Trinajstić information content (AvgIpc) is 3.30. The molecular weight excluding hydrogens is 279 g/mol. The molecule has 0 bridgehead atoms. The zero-order valence-corrected chi connectivity index (χ0v) is 12.3. The van der Waals surface area contributed by atoms with Crippen LogP contribution in [-0.2, 0) is 11.2 Å². The van der Waals surface area contributed by atoms with E-state index in [-0.39, 0.29) is 23.6 Å². The molecule has 2 aromatic carbocycles. The highest BCUT2D eigenvalue weighted by Crippen LogP contribution is 2.47. The van der Waals surface area contributed by atoms with Crippen molar-refractivity contribution in [3.63, 3.8) is 0 Å². The van der Waals surface area contributed by atoms with Gasteiger partial charge in [-0.05, 0) is 54.2 Å². The molecular formula is C18H19FN2O. The van der Waals surface area contributed by atoms with E-state index in [1.807, 2.05) is 24.3 Å². The summed E-state index contributed by atoms with van der Waals surface area (Å²) in [5, 5.41) is 2.97. The van der Waals surface area contributed by atoms with Gasteiger partial charge in [-0.15, -0.1) is 0 Å². The van der Waals surface area contributed by atoms with E-state index in [9.17, 15) is 9.18 Å². The van der Waals surface area contributed by atoms with Crippen LogP contribution in [0.2, 0.25) is 0 Å². The van der Waals surface area contributed by atoms with Gasteiger partial charge in [-0.1, -0.05) is 24.3 Å². The van der Waals surface area contributed by atoms with Gasteiger partial charge in [0.25, 0.3) is 0 Å². The van der Waals surface area contributed by atoms with Crippen molar-refractivity contribution in [1.82, 2.24) is 5.32 Å². The Morgan fingerprint density at radius 2 is 1.82 bits per heavy atom. The third-order valence-electron chi connectivity index (χ3n) is 4.12.